The van der Waals surface area contributed by atoms with Gasteiger partial charge in [0.1, 0.15) is 17.8 Å². The summed E-state index contributed by atoms with van der Waals surface area (Å²) in [5, 5.41) is 9.28. The Kier molecular flexibility index (Phi) is 7.61. The summed E-state index contributed by atoms with van der Waals surface area (Å²) in [6.45, 7) is 1.84. The molecule has 4 heterocycles. The van der Waals surface area contributed by atoms with Gasteiger partial charge in [0.05, 0.1) is 11.1 Å². The number of aliphatic hydroxyl groups excluding tert-OH is 1. The molecule has 0 spiro atoms. The normalized spacial score (nSPS) is 16.0. The van der Waals surface area contributed by atoms with E-state index in [9.17, 15) is 4.79 Å². The molecule has 1 amide bonds. The Morgan fingerprint density at radius 2 is 1.80 bits per heavy atom. The zero-order valence-corrected chi connectivity index (χ0v) is 23.0. The van der Waals surface area contributed by atoms with Crippen LogP contribution in [0.5, 0.6) is 0 Å². The van der Waals surface area contributed by atoms with Gasteiger partial charge >= 0.3 is 0 Å². The molecule has 1 saturated heterocycles. The maximum atomic E-state index is 15.3. The molecule has 3 aromatic heterocycles. The van der Waals surface area contributed by atoms with Gasteiger partial charge in [-0.25, -0.2) is 28.7 Å². The number of hydrogen-bond donors (Lipinski definition) is 1. The highest BCUT2D eigenvalue weighted by Crippen LogP contribution is 2.39. The molecule has 0 unspecified atom stereocenters. The number of aromatic nitrogens is 5. The van der Waals surface area contributed by atoms with Crippen molar-refractivity contribution >= 4 is 22.9 Å². The number of aliphatic hydroxyl groups is 1. The first-order valence-electron chi connectivity index (χ1n) is 14.1. The van der Waals surface area contributed by atoms with Crippen molar-refractivity contribution in [1.82, 2.24) is 29.4 Å². The zero-order chi connectivity index (χ0) is 28.5. The highest BCUT2D eigenvalue weighted by atomic mass is 19.1. The van der Waals surface area contributed by atoms with Gasteiger partial charge in [0.2, 0.25) is 5.95 Å². The average molecular weight is 562 g/mol. The minimum Gasteiger partial charge on any atom is -0.396 e. The number of piperidine rings is 1. The van der Waals surface area contributed by atoms with Crippen molar-refractivity contribution in [2.75, 3.05) is 38.2 Å². The van der Waals surface area contributed by atoms with Crippen LogP contribution in [0.3, 0.4) is 0 Å². The molecule has 0 atom stereocenters. The molecule has 41 heavy (non-hydrogen) atoms. The molecular formula is C30H33F2N7O2. The van der Waals surface area contributed by atoms with Crippen LogP contribution in [0.1, 0.15) is 71.2 Å². The molecule has 1 N–H and O–H groups in total. The van der Waals surface area contributed by atoms with Gasteiger partial charge in [0, 0.05) is 69.9 Å². The predicted octanol–water partition coefficient (Wildman–Crippen LogP) is 4.26. The lowest BCUT2D eigenvalue weighted by molar-refractivity contribution is 0.0786. The number of amides is 1. The van der Waals surface area contributed by atoms with Crippen LogP contribution in [0.15, 0.2) is 43.1 Å². The monoisotopic (exact) mass is 561 g/mol. The van der Waals surface area contributed by atoms with E-state index < -0.39 is 11.6 Å². The van der Waals surface area contributed by atoms with Crippen molar-refractivity contribution in [3.05, 3.63) is 77.1 Å². The first-order chi connectivity index (χ1) is 19.9. The smallest absolute Gasteiger partial charge is 0.253 e. The number of fused-ring (bicyclic) bond motifs is 1. The molecule has 0 radical (unpaired) electrons. The van der Waals surface area contributed by atoms with E-state index in [1.54, 1.807) is 19.2 Å². The maximum absolute atomic E-state index is 15.3. The van der Waals surface area contributed by atoms with E-state index in [-0.39, 0.29) is 35.9 Å². The molecule has 9 nitrogen and oxygen atoms in total. The van der Waals surface area contributed by atoms with Crippen molar-refractivity contribution in [3.8, 4) is 0 Å². The van der Waals surface area contributed by atoms with E-state index in [1.807, 2.05) is 17.0 Å². The van der Waals surface area contributed by atoms with Crippen LogP contribution >= 0.6 is 0 Å². The van der Waals surface area contributed by atoms with E-state index in [1.165, 1.54) is 41.9 Å². The number of carbonyl (C=O) groups excluding carboxylic acids is 1. The number of anilines is 1. The number of halogens is 2. The van der Waals surface area contributed by atoms with Gasteiger partial charge in [-0.2, -0.15) is 0 Å². The maximum Gasteiger partial charge on any atom is 0.253 e. The summed E-state index contributed by atoms with van der Waals surface area (Å²) in [6, 6.07) is 4.36. The van der Waals surface area contributed by atoms with Gasteiger partial charge in [-0.1, -0.05) is 6.07 Å². The summed E-state index contributed by atoms with van der Waals surface area (Å²) in [6.07, 6.45) is 11.2. The Hall–Kier alpha value is -3.99. The third kappa shape index (κ3) is 5.63. The third-order valence-corrected chi connectivity index (χ3v) is 8.15. The van der Waals surface area contributed by atoms with Crippen molar-refractivity contribution < 1.29 is 18.7 Å². The first-order valence-corrected chi connectivity index (χ1v) is 14.1. The number of nitrogens with zero attached hydrogens (tertiary/aromatic N) is 7. The Morgan fingerprint density at radius 1 is 1.05 bits per heavy atom. The third-order valence-electron chi connectivity index (χ3n) is 8.15. The molecule has 1 aliphatic heterocycles. The number of rotatable bonds is 9. The van der Waals surface area contributed by atoms with Crippen molar-refractivity contribution in [3.63, 3.8) is 0 Å². The summed E-state index contributed by atoms with van der Waals surface area (Å²) in [7, 11) is 1.61. The Labute approximate surface area is 236 Å². The fourth-order valence-electron chi connectivity index (χ4n) is 5.61. The number of benzene rings is 1. The first kappa shape index (κ1) is 27.2. The molecule has 214 valence electrons. The highest BCUT2D eigenvalue weighted by molar-refractivity contribution is 5.94. The van der Waals surface area contributed by atoms with Crippen LogP contribution in [0.2, 0.25) is 0 Å². The van der Waals surface area contributed by atoms with Crippen molar-refractivity contribution in [2.24, 2.45) is 0 Å². The largest absolute Gasteiger partial charge is 0.396 e. The van der Waals surface area contributed by atoms with Crippen molar-refractivity contribution in [1.29, 1.82) is 0 Å². The minimum atomic E-state index is -0.558. The van der Waals surface area contributed by atoms with Crippen LogP contribution in [-0.4, -0.2) is 73.7 Å². The van der Waals surface area contributed by atoms with E-state index in [0.717, 1.165) is 31.9 Å². The van der Waals surface area contributed by atoms with Gasteiger partial charge in [0.15, 0.2) is 5.82 Å². The molecule has 2 fully saturated rings. The van der Waals surface area contributed by atoms with Crippen LogP contribution in [-0.2, 0) is 6.42 Å². The second kappa shape index (κ2) is 11.5. The summed E-state index contributed by atoms with van der Waals surface area (Å²) in [5.41, 5.74) is 2.62. The summed E-state index contributed by atoms with van der Waals surface area (Å²) in [4.78, 5) is 34.0. The molecule has 11 heteroatoms. The highest BCUT2D eigenvalue weighted by Gasteiger charge is 2.27. The van der Waals surface area contributed by atoms with Gasteiger partial charge in [-0.15, -0.1) is 0 Å². The lowest BCUT2D eigenvalue weighted by Crippen LogP contribution is -2.35. The lowest BCUT2D eigenvalue weighted by atomic mass is 10.0. The molecule has 4 aromatic rings. The molecule has 2 aliphatic rings. The second-order valence-electron chi connectivity index (χ2n) is 11.0. The molecule has 1 aliphatic carbocycles. The Morgan fingerprint density at radius 3 is 2.49 bits per heavy atom. The predicted molar refractivity (Wildman–Crippen MR) is 150 cm³/mol. The molecule has 6 rings (SSSR count). The quantitative estimate of drug-likeness (QED) is 0.326. The molecule has 0 bridgehead atoms. The Bertz CT molecular complexity index is 1550. The lowest BCUT2D eigenvalue weighted by Gasteiger charge is -2.32. The van der Waals surface area contributed by atoms with Crippen LogP contribution in [0, 0.1) is 11.6 Å². The second-order valence-corrected chi connectivity index (χ2v) is 11.0. The van der Waals surface area contributed by atoms with Gasteiger partial charge < -0.3 is 19.5 Å². The van der Waals surface area contributed by atoms with Crippen molar-refractivity contribution in [2.45, 2.75) is 50.5 Å². The SMILES string of the molecule is CN(CCCO)C(=O)c1ccc(Cc2ncnc3c2c(F)cn3C2CCN(c3ncc(C4CC4)cn3)CC2)c(F)c1. The molecule has 1 saturated carbocycles. The summed E-state index contributed by atoms with van der Waals surface area (Å²) in [5.74, 6) is 0.0258. The average Bonchev–Trinajstić information content (AvgIpc) is 3.80. The minimum absolute atomic E-state index is 0.0283. The number of carbonyl (C=O) groups is 1. The van der Waals surface area contributed by atoms with E-state index in [4.69, 9.17) is 5.11 Å². The van der Waals surface area contributed by atoms with Crippen LogP contribution < -0.4 is 4.90 Å². The van der Waals surface area contributed by atoms with E-state index in [2.05, 4.69) is 24.8 Å². The summed E-state index contributed by atoms with van der Waals surface area (Å²) >= 11 is 0. The Balaban J connectivity index is 1.17. The fraction of sp³-hybridized carbons (Fsp3) is 0.433. The topological polar surface area (TPSA) is 100 Å². The zero-order valence-electron chi connectivity index (χ0n) is 23.0. The van der Waals surface area contributed by atoms with Gasteiger partial charge in [0.25, 0.3) is 5.91 Å². The van der Waals surface area contributed by atoms with E-state index >= 15 is 8.78 Å². The van der Waals surface area contributed by atoms with Gasteiger partial charge in [-0.05, 0) is 61.3 Å². The van der Waals surface area contributed by atoms with E-state index in [0.29, 0.717) is 35.8 Å². The fourth-order valence-corrected chi connectivity index (χ4v) is 5.61. The standard InChI is InChI=1S/C30H33F2N7O2/c1-37(9-2-12-40)29(41)21-6-5-20(24(31)13-21)14-26-27-25(32)17-39(28(27)36-18-35-26)23-7-10-38(11-8-23)30-33-15-22(16-34-30)19-3-4-19/h5-6,13,15-19,23,40H,2-4,7-12,14H2,1H3. The molecular weight excluding hydrogens is 528 g/mol. The van der Waals surface area contributed by atoms with Crippen LogP contribution in [0.4, 0.5) is 14.7 Å². The summed E-state index contributed by atoms with van der Waals surface area (Å²) < 4.78 is 32.3. The number of hydrogen-bond acceptors (Lipinski definition) is 7. The van der Waals surface area contributed by atoms with Crippen LogP contribution in [0.25, 0.3) is 11.0 Å². The van der Waals surface area contributed by atoms with Gasteiger partial charge in [-0.3, -0.25) is 4.79 Å². The molecule has 1 aromatic carbocycles.